The number of H-pyrrole nitrogens is 1. The Bertz CT molecular complexity index is 1270. The van der Waals surface area contributed by atoms with Gasteiger partial charge in [0.2, 0.25) is 5.91 Å². The van der Waals surface area contributed by atoms with E-state index in [1.807, 2.05) is 37.3 Å². The maximum Gasteiger partial charge on any atom is 0.267 e. The molecule has 1 aliphatic heterocycles. The first-order valence-corrected chi connectivity index (χ1v) is 11.3. The molecule has 1 aliphatic rings. The minimum Gasteiger partial charge on any atom is -0.339 e. The van der Waals surface area contributed by atoms with Crippen LogP contribution in [0.15, 0.2) is 53.3 Å². The SMILES string of the molecule is Cc1c(Cc2ccc(F)c(C(=O)N3CCN(CCc4ccccc4)C(=O)C3)c2)n[nH]c(=O)c1C. The molecule has 1 fully saturated rings. The maximum atomic E-state index is 14.6. The number of nitrogens with zero attached hydrogens (tertiary/aromatic N) is 3. The molecule has 4 rings (SSSR count). The second kappa shape index (κ2) is 9.99. The van der Waals surface area contributed by atoms with E-state index in [4.69, 9.17) is 0 Å². The summed E-state index contributed by atoms with van der Waals surface area (Å²) in [7, 11) is 0. The zero-order valence-electron chi connectivity index (χ0n) is 19.3. The molecule has 2 heterocycles. The van der Waals surface area contributed by atoms with E-state index in [1.165, 1.54) is 17.0 Å². The molecule has 0 atom stereocenters. The molecule has 0 unspecified atom stereocenters. The van der Waals surface area contributed by atoms with Crippen LogP contribution >= 0.6 is 0 Å². The maximum absolute atomic E-state index is 14.6. The number of carbonyl (C=O) groups is 2. The van der Waals surface area contributed by atoms with Crippen molar-refractivity contribution in [3.63, 3.8) is 0 Å². The summed E-state index contributed by atoms with van der Waals surface area (Å²) >= 11 is 0. The number of nitrogens with one attached hydrogen (secondary N) is 1. The second-order valence-electron chi connectivity index (χ2n) is 8.58. The minimum atomic E-state index is -0.630. The molecule has 1 saturated heterocycles. The van der Waals surface area contributed by atoms with Gasteiger partial charge in [-0.1, -0.05) is 36.4 Å². The summed E-state index contributed by atoms with van der Waals surface area (Å²) in [6.07, 6.45) is 1.09. The molecular formula is C26H27FN4O3. The summed E-state index contributed by atoms with van der Waals surface area (Å²) in [5, 5.41) is 6.56. The third-order valence-corrected chi connectivity index (χ3v) is 6.38. The Kier molecular flexibility index (Phi) is 6.86. The van der Waals surface area contributed by atoms with Crippen molar-refractivity contribution < 1.29 is 14.0 Å². The fourth-order valence-corrected chi connectivity index (χ4v) is 4.08. The fourth-order valence-electron chi connectivity index (χ4n) is 4.08. The summed E-state index contributed by atoms with van der Waals surface area (Å²) < 4.78 is 14.6. The highest BCUT2D eigenvalue weighted by Crippen LogP contribution is 2.19. The third kappa shape index (κ3) is 5.06. The molecule has 2 amide bonds. The summed E-state index contributed by atoms with van der Waals surface area (Å²) in [6.45, 7) is 4.80. The lowest BCUT2D eigenvalue weighted by Gasteiger charge is -2.34. The Morgan fingerprint density at radius 2 is 1.79 bits per heavy atom. The predicted molar refractivity (Wildman–Crippen MR) is 126 cm³/mol. The van der Waals surface area contributed by atoms with E-state index >= 15 is 0 Å². The zero-order valence-corrected chi connectivity index (χ0v) is 19.3. The van der Waals surface area contributed by atoms with Crippen molar-refractivity contribution >= 4 is 11.8 Å². The van der Waals surface area contributed by atoms with Crippen LogP contribution in [0.5, 0.6) is 0 Å². The Morgan fingerprint density at radius 3 is 2.53 bits per heavy atom. The number of carbonyl (C=O) groups excluding carboxylic acids is 2. The molecule has 1 aromatic heterocycles. The van der Waals surface area contributed by atoms with Gasteiger partial charge in [0.1, 0.15) is 12.4 Å². The quantitative estimate of drug-likeness (QED) is 0.610. The van der Waals surface area contributed by atoms with E-state index in [-0.39, 0.29) is 23.6 Å². The van der Waals surface area contributed by atoms with Crippen LogP contribution in [0.4, 0.5) is 4.39 Å². The highest BCUT2D eigenvalue weighted by atomic mass is 19.1. The highest BCUT2D eigenvalue weighted by Gasteiger charge is 2.29. The van der Waals surface area contributed by atoms with Gasteiger partial charge in [0.15, 0.2) is 0 Å². The minimum absolute atomic E-state index is 0.0677. The lowest BCUT2D eigenvalue weighted by atomic mass is 10.0. The van der Waals surface area contributed by atoms with Gasteiger partial charge in [0, 0.05) is 31.6 Å². The van der Waals surface area contributed by atoms with Gasteiger partial charge in [-0.15, -0.1) is 0 Å². The standard InChI is InChI=1S/C26H27FN4O3/c1-17-18(2)25(33)29-28-23(17)15-20-8-9-22(27)21(14-20)26(34)31-13-12-30(24(32)16-31)11-10-19-6-4-3-5-7-19/h3-9,14H,10-13,15-16H2,1-2H3,(H,29,33). The lowest BCUT2D eigenvalue weighted by molar-refractivity contribution is -0.134. The fraction of sp³-hybridized carbons (Fsp3) is 0.308. The summed E-state index contributed by atoms with van der Waals surface area (Å²) in [5.41, 5.74) is 3.52. The highest BCUT2D eigenvalue weighted by molar-refractivity contribution is 5.97. The Balaban J connectivity index is 1.43. The number of hydrogen-bond donors (Lipinski definition) is 1. The molecule has 0 aliphatic carbocycles. The zero-order chi connectivity index (χ0) is 24.2. The topological polar surface area (TPSA) is 86.4 Å². The molecule has 0 spiro atoms. The summed E-state index contributed by atoms with van der Waals surface area (Å²) in [6, 6.07) is 14.3. The molecule has 8 heteroatoms. The summed E-state index contributed by atoms with van der Waals surface area (Å²) in [4.78, 5) is 40.6. The van der Waals surface area contributed by atoms with Crippen molar-refractivity contribution in [2.75, 3.05) is 26.2 Å². The average Bonchev–Trinajstić information content (AvgIpc) is 2.85. The number of rotatable bonds is 6. The number of amides is 2. The molecule has 1 N–H and O–H groups in total. The third-order valence-electron chi connectivity index (χ3n) is 6.38. The smallest absolute Gasteiger partial charge is 0.267 e. The van der Waals surface area contributed by atoms with Crippen molar-refractivity contribution in [3.05, 3.63) is 98.2 Å². The van der Waals surface area contributed by atoms with E-state index in [9.17, 15) is 18.8 Å². The molecule has 3 aromatic rings. The monoisotopic (exact) mass is 462 g/mol. The van der Waals surface area contributed by atoms with Gasteiger partial charge in [-0.2, -0.15) is 5.10 Å². The van der Waals surface area contributed by atoms with Crippen LogP contribution in [0.1, 0.15) is 38.3 Å². The molecule has 7 nitrogen and oxygen atoms in total. The normalized spacial score (nSPS) is 13.9. The van der Waals surface area contributed by atoms with E-state index in [2.05, 4.69) is 10.2 Å². The molecule has 0 radical (unpaired) electrons. The van der Waals surface area contributed by atoms with Crippen LogP contribution in [0.3, 0.4) is 0 Å². The number of aromatic amines is 1. The first kappa shape index (κ1) is 23.4. The molecule has 34 heavy (non-hydrogen) atoms. The van der Waals surface area contributed by atoms with Crippen LogP contribution < -0.4 is 5.56 Å². The van der Waals surface area contributed by atoms with Crippen LogP contribution in [-0.4, -0.2) is 58.0 Å². The number of halogens is 1. The second-order valence-corrected chi connectivity index (χ2v) is 8.58. The van der Waals surface area contributed by atoms with Gasteiger partial charge in [-0.25, -0.2) is 9.49 Å². The van der Waals surface area contributed by atoms with Crippen molar-refractivity contribution in [3.8, 4) is 0 Å². The van der Waals surface area contributed by atoms with E-state index < -0.39 is 11.7 Å². The van der Waals surface area contributed by atoms with E-state index in [0.29, 0.717) is 42.9 Å². The number of aromatic nitrogens is 2. The first-order chi connectivity index (χ1) is 16.3. The Morgan fingerprint density at radius 1 is 1.03 bits per heavy atom. The van der Waals surface area contributed by atoms with Gasteiger partial charge in [0.25, 0.3) is 11.5 Å². The number of piperazine rings is 1. The largest absolute Gasteiger partial charge is 0.339 e. The van der Waals surface area contributed by atoms with Gasteiger partial charge in [-0.3, -0.25) is 14.4 Å². The van der Waals surface area contributed by atoms with Crippen LogP contribution in [0, 0.1) is 19.7 Å². The molecule has 2 aromatic carbocycles. The molecular weight excluding hydrogens is 435 g/mol. The van der Waals surface area contributed by atoms with Gasteiger partial charge in [0.05, 0.1) is 11.3 Å². The molecule has 176 valence electrons. The van der Waals surface area contributed by atoms with Gasteiger partial charge in [-0.05, 0) is 49.1 Å². The average molecular weight is 463 g/mol. The van der Waals surface area contributed by atoms with Crippen molar-refractivity contribution in [2.24, 2.45) is 0 Å². The van der Waals surface area contributed by atoms with Crippen LogP contribution in [-0.2, 0) is 17.6 Å². The van der Waals surface area contributed by atoms with E-state index in [0.717, 1.165) is 17.5 Å². The van der Waals surface area contributed by atoms with E-state index in [1.54, 1.807) is 17.9 Å². The first-order valence-electron chi connectivity index (χ1n) is 11.3. The van der Waals surface area contributed by atoms with Crippen LogP contribution in [0.25, 0.3) is 0 Å². The van der Waals surface area contributed by atoms with Crippen molar-refractivity contribution in [1.29, 1.82) is 0 Å². The Labute approximate surface area is 197 Å². The van der Waals surface area contributed by atoms with Crippen LogP contribution in [0.2, 0.25) is 0 Å². The predicted octanol–water partition coefficient (Wildman–Crippen LogP) is 2.64. The Hall–Kier alpha value is -3.81. The molecule has 0 saturated carbocycles. The number of hydrogen-bond acceptors (Lipinski definition) is 4. The summed E-state index contributed by atoms with van der Waals surface area (Å²) in [5.74, 6) is -1.27. The van der Waals surface area contributed by atoms with Gasteiger partial charge < -0.3 is 9.80 Å². The number of benzene rings is 2. The van der Waals surface area contributed by atoms with Gasteiger partial charge >= 0.3 is 0 Å². The lowest BCUT2D eigenvalue weighted by Crippen LogP contribution is -2.52. The molecule has 0 bridgehead atoms. The van der Waals surface area contributed by atoms with Crippen molar-refractivity contribution in [2.45, 2.75) is 26.7 Å². The van der Waals surface area contributed by atoms with Crippen molar-refractivity contribution in [1.82, 2.24) is 20.0 Å².